The summed E-state index contributed by atoms with van der Waals surface area (Å²) >= 11 is 13.0. The minimum atomic E-state index is -3.96. The number of aryl methyl sites for hydroxylation is 2. The highest BCUT2D eigenvalue weighted by Gasteiger charge is 2.28. The zero-order valence-electron chi connectivity index (χ0n) is 17.4. The van der Waals surface area contributed by atoms with Gasteiger partial charge in [-0.05, 0) is 82.9 Å². The zero-order chi connectivity index (χ0) is 23.5. The Balaban J connectivity index is 1.93. The van der Waals surface area contributed by atoms with Crippen molar-refractivity contribution in [1.82, 2.24) is 4.31 Å². The minimum Gasteiger partial charge on any atom is -0.324 e. The Morgan fingerprint density at radius 2 is 1.72 bits per heavy atom. The molecule has 3 aromatic rings. The molecule has 0 saturated heterocycles. The van der Waals surface area contributed by atoms with Gasteiger partial charge in [0, 0.05) is 20.5 Å². The number of carbonyl (C=O) groups is 1. The minimum absolute atomic E-state index is 0.0378. The number of amides is 1. The number of hydrogen-bond donors (Lipinski definition) is 1. The Bertz CT molecular complexity index is 1270. The maximum absolute atomic E-state index is 13.5. The molecule has 0 aliphatic carbocycles. The highest BCUT2D eigenvalue weighted by molar-refractivity contribution is 9.11. The maximum Gasteiger partial charge on any atom is 0.243 e. The van der Waals surface area contributed by atoms with E-state index in [1.807, 2.05) is 13.8 Å². The van der Waals surface area contributed by atoms with Crippen LogP contribution in [-0.2, 0) is 21.4 Å². The van der Waals surface area contributed by atoms with E-state index in [-0.39, 0.29) is 18.0 Å². The summed E-state index contributed by atoms with van der Waals surface area (Å²) < 4.78 is 29.7. The number of carbonyl (C=O) groups excluding carboxylic acids is 1. The van der Waals surface area contributed by atoms with Gasteiger partial charge in [-0.1, -0.05) is 51.8 Å². The van der Waals surface area contributed by atoms with Gasteiger partial charge in [0.2, 0.25) is 15.9 Å². The van der Waals surface area contributed by atoms with Crippen molar-refractivity contribution < 1.29 is 13.2 Å². The highest BCUT2D eigenvalue weighted by atomic mass is 79.9. The van der Waals surface area contributed by atoms with Crippen LogP contribution in [-0.4, -0.2) is 25.2 Å². The second-order valence-electron chi connectivity index (χ2n) is 7.28. The average molecular weight is 601 g/mol. The van der Waals surface area contributed by atoms with Crippen molar-refractivity contribution in [3.63, 3.8) is 0 Å². The lowest BCUT2D eigenvalue weighted by atomic mass is 10.1. The van der Waals surface area contributed by atoms with Crippen LogP contribution >= 0.6 is 43.5 Å². The molecule has 1 amide bonds. The molecule has 0 heterocycles. The number of hydrogen-bond acceptors (Lipinski definition) is 3. The molecular formula is C23H21Br2ClN2O3S. The SMILES string of the molecule is Cc1ccc(S(=O)(=O)N(CC(=O)Nc2ccc(Br)cc2Br)Cc2ccccc2Cl)cc1C. The van der Waals surface area contributed by atoms with Crippen LogP contribution in [0.2, 0.25) is 5.02 Å². The molecule has 5 nitrogen and oxygen atoms in total. The van der Waals surface area contributed by atoms with Gasteiger partial charge in [-0.15, -0.1) is 0 Å². The number of rotatable bonds is 7. The largest absolute Gasteiger partial charge is 0.324 e. The fourth-order valence-electron chi connectivity index (χ4n) is 3.01. The first-order valence-electron chi connectivity index (χ1n) is 9.63. The molecule has 0 radical (unpaired) electrons. The van der Waals surface area contributed by atoms with Crippen molar-refractivity contribution in [2.45, 2.75) is 25.3 Å². The predicted octanol–water partition coefficient (Wildman–Crippen LogP) is 6.31. The van der Waals surface area contributed by atoms with E-state index in [4.69, 9.17) is 11.6 Å². The van der Waals surface area contributed by atoms with Gasteiger partial charge in [-0.25, -0.2) is 8.42 Å². The van der Waals surface area contributed by atoms with Gasteiger partial charge in [0.25, 0.3) is 0 Å². The van der Waals surface area contributed by atoms with E-state index in [1.54, 1.807) is 60.7 Å². The topological polar surface area (TPSA) is 66.5 Å². The first-order valence-corrected chi connectivity index (χ1v) is 13.0. The molecule has 0 aliphatic heterocycles. The molecule has 9 heteroatoms. The van der Waals surface area contributed by atoms with E-state index in [0.717, 1.165) is 19.9 Å². The molecule has 3 aromatic carbocycles. The van der Waals surface area contributed by atoms with Gasteiger partial charge in [0.1, 0.15) is 0 Å². The number of benzene rings is 3. The molecule has 0 atom stereocenters. The van der Waals surface area contributed by atoms with Gasteiger partial charge in [0.15, 0.2) is 0 Å². The maximum atomic E-state index is 13.5. The van der Waals surface area contributed by atoms with Gasteiger partial charge >= 0.3 is 0 Å². The van der Waals surface area contributed by atoms with Gasteiger partial charge in [-0.3, -0.25) is 4.79 Å². The summed E-state index contributed by atoms with van der Waals surface area (Å²) in [4.78, 5) is 13.0. The molecule has 32 heavy (non-hydrogen) atoms. The second-order valence-corrected chi connectivity index (χ2v) is 11.4. The smallest absolute Gasteiger partial charge is 0.243 e. The molecule has 0 aromatic heterocycles. The third kappa shape index (κ3) is 5.99. The Hall–Kier alpha value is -1.71. The quantitative estimate of drug-likeness (QED) is 0.346. The van der Waals surface area contributed by atoms with E-state index in [9.17, 15) is 13.2 Å². The lowest BCUT2D eigenvalue weighted by molar-refractivity contribution is -0.116. The average Bonchev–Trinajstić information content (AvgIpc) is 2.73. The van der Waals surface area contributed by atoms with E-state index in [2.05, 4.69) is 37.2 Å². The summed E-state index contributed by atoms with van der Waals surface area (Å²) in [6.07, 6.45) is 0. The number of nitrogens with zero attached hydrogens (tertiary/aromatic N) is 1. The first-order chi connectivity index (χ1) is 15.1. The van der Waals surface area contributed by atoms with Crippen molar-refractivity contribution in [1.29, 1.82) is 0 Å². The molecule has 0 unspecified atom stereocenters. The molecule has 0 saturated carbocycles. The number of nitrogens with one attached hydrogen (secondary N) is 1. The summed E-state index contributed by atoms with van der Waals surface area (Å²) in [5, 5.41) is 3.20. The van der Waals surface area contributed by atoms with Crippen LogP contribution in [0.4, 0.5) is 5.69 Å². The molecule has 168 valence electrons. The Morgan fingerprint density at radius 3 is 2.38 bits per heavy atom. The van der Waals surface area contributed by atoms with Gasteiger partial charge in [0.05, 0.1) is 17.1 Å². The van der Waals surface area contributed by atoms with Crippen molar-refractivity contribution in [3.8, 4) is 0 Å². The second kappa shape index (κ2) is 10.5. The third-order valence-electron chi connectivity index (χ3n) is 4.95. The van der Waals surface area contributed by atoms with Crippen LogP contribution in [0.5, 0.6) is 0 Å². The number of sulfonamides is 1. The fraction of sp³-hybridized carbons (Fsp3) is 0.174. The van der Waals surface area contributed by atoms with Crippen molar-refractivity contribution in [3.05, 3.63) is 91.3 Å². The van der Waals surface area contributed by atoms with E-state index < -0.39 is 15.9 Å². The summed E-state index contributed by atoms with van der Waals surface area (Å²) in [7, 11) is -3.96. The van der Waals surface area contributed by atoms with Crippen LogP contribution in [0, 0.1) is 13.8 Å². The van der Waals surface area contributed by atoms with Crippen molar-refractivity contribution in [2.24, 2.45) is 0 Å². The Labute approximate surface area is 210 Å². The summed E-state index contributed by atoms with van der Waals surface area (Å²) in [6.45, 7) is 3.36. The summed E-state index contributed by atoms with van der Waals surface area (Å²) in [5.74, 6) is -0.465. The van der Waals surface area contributed by atoms with E-state index in [1.165, 1.54) is 0 Å². The molecule has 0 spiro atoms. The van der Waals surface area contributed by atoms with Crippen molar-refractivity contribution in [2.75, 3.05) is 11.9 Å². The molecule has 0 fully saturated rings. The monoisotopic (exact) mass is 598 g/mol. The van der Waals surface area contributed by atoms with Gasteiger partial charge in [-0.2, -0.15) is 4.31 Å². The fourth-order valence-corrected chi connectivity index (χ4v) is 5.81. The predicted molar refractivity (Wildman–Crippen MR) is 135 cm³/mol. The number of halogens is 3. The highest BCUT2D eigenvalue weighted by Crippen LogP contribution is 2.27. The van der Waals surface area contributed by atoms with Crippen molar-refractivity contribution >= 4 is 65.1 Å². The van der Waals surface area contributed by atoms with Crippen LogP contribution < -0.4 is 5.32 Å². The van der Waals surface area contributed by atoms with Gasteiger partial charge < -0.3 is 5.32 Å². The molecule has 0 aliphatic rings. The standard InChI is InChI=1S/C23H21Br2ClN2O3S/c1-15-7-9-19(11-16(15)2)32(30,31)28(13-17-5-3-4-6-21(17)26)14-23(29)27-22-10-8-18(24)12-20(22)25/h3-12H,13-14H2,1-2H3,(H,27,29). The van der Waals surface area contributed by atoms with E-state index >= 15 is 0 Å². The van der Waals surface area contributed by atoms with Crippen LogP contribution in [0.15, 0.2) is 74.5 Å². The third-order valence-corrected chi connectivity index (χ3v) is 8.25. The van der Waals surface area contributed by atoms with Crippen LogP contribution in [0.1, 0.15) is 16.7 Å². The zero-order valence-corrected chi connectivity index (χ0v) is 22.1. The lowest BCUT2D eigenvalue weighted by Gasteiger charge is -2.23. The molecule has 3 rings (SSSR count). The molecule has 1 N–H and O–H groups in total. The first kappa shape index (κ1) is 24.9. The van der Waals surface area contributed by atoms with Crippen LogP contribution in [0.25, 0.3) is 0 Å². The van der Waals surface area contributed by atoms with Crippen LogP contribution in [0.3, 0.4) is 0 Å². The lowest BCUT2D eigenvalue weighted by Crippen LogP contribution is -2.37. The Morgan fingerprint density at radius 1 is 1.00 bits per heavy atom. The Kier molecular flexibility index (Phi) is 8.16. The molecule has 0 bridgehead atoms. The molecular weight excluding hydrogens is 580 g/mol. The summed E-state index contributed by atoms with van der Waals surface area (Å²) in [6, 6.07) is 17.2. The normalized spacial score (nSPS) is 11.6. The summed E-state index contributed by atoms with van der Waals surface area (Å²) in [5.41, 5.74) is 2.99. The van der Waals surface area contributed by atoms with E-state index in [0.29, 0.717) is 20.7 Å². The number of anilines is 1.